The SMILES string of the molecule is CC1CN(c2ccc(CN=C(N)Nc3ccc4c(c3)CCC4)cn2)CC(C)O1.I. The number of hydrogen-bond acceptors (Lipinski definition) is 4. The van der Waals surface area contributed by atoms with Crippen molar-refractivity contribution in [1.29, 1.82) is 0 Å². The molecule has 29 heavy (non-hydrogen) atoms. The highest BCUT2D eigenvalue weighted by atomic mass is 127. The van der Waals surface area contributed by atoms with Gasteiger partial charge in [-0.25, -0.2) is 9.98 Å². The number of hydrogen-bond donors (Lipinski definition) is 2. The van der Waals surface area contributed by atoms with Crippen LogP contribution in [0.5, 0.6) is 0 Å². The molecule has 2 heterocycles. The molecule has 2 aromatic rings. The van der Waals surface area contributed by atoms with Crippen LogP contribution in [-0.2, 0) is 24.1 Å². The number of nitrogens with two attached hydrogens (primary N) is 1. The number of morpholine rings is 1. The van der Waals surface area contributed by atoms with Gasteiger partial charge in [0.1, 0.15) is 5.82 Å². The van der Waals surface area contributed by atoms with Crippen LogP contribution in [-0.4, -0.2) is 36.2 Å². The Balaban J connectivity index is 0.00000240. The van der Waals surface area contributed by atoms with E-state index in [0.29, 0.717) is 12.5 Å². The fourth-order valence-electron chi connectivity index (χ4n) is 4.08. The number of halogens is 1. The summed E-state index contributed by atoms with van der Waals surface area (Å²) in [6.07, 6.45) is 5.91. The summed E-state index contributed by atoms with van der Waals surface area (Å²) in [5, 5.41) is 3.20. The normalized spacial score (nSPS) is 21.4. The van der Waals surface area contributed by atoms with Crippen molar-refractivity contribution in [3.8, 4) is 0 Å². The number of aryl methyl sites for hydroxylation is 2. The van der Waals surface area contributed by atoms with Gasteiger partial charge in [0.05, 0.1) is 18.8 Å². The van der Waals surface area contributed by atoms with Crippen molar-refractivity contribution in [2.24, 2.45) is 10.7 Å². The number of aliphatic imine (C=N–C) groups is 1. The number of guanidine groups is 1. The molecule has 1 aromatic carbocycles. The van der Waals surface area contributed by atoms with E-state index >= 15 is 0 Å². The highest BCUT2D eigenvalue weighted by Gasteiger charge is 2.22. The van der Waals surface area contributed by atoms with Crippen molar-refractivity contribution in [2.45, 2.75) is 51.9 Å². The molecule has 2 atom stereocenters. The Labute approximate surface area is 190 Å². The van der Waals surface area contributed by atoms with Crippen LogP contribution in [0.3, 0.4) is 0 Å². The lowest BCUT2D eigenvalue weighted by Gasteiger charge is -2.36. The fraction of sp³-hybridized carbons (Fsp3) is 0.455. The summed E-state index contributed by atoms with van der Waals surface area (Å²) >= 11 is 0. The van der Waals surface area contributed by atoms with Crippen molar-refractivity contribution in [3.63, 3.8) is 0 Å². The lowest BCUT2D eigenvalue weighted by molar-refractivity contribution is -0.00545. The molecule has 0 spiro atoms. The molecule has 7 heteroatoms. The van der Waals surface area contributed by atoms with Crippen LogP contribution < -0.4 is 16.0 Å². The quantitative estimate of drug-likeness (QED) is 0.375. The van der Waals surface area contributed by atoms with Gasteiger partial charge >= 0.3 is 0 Å². The molecule has 0 amide bonds. The van der Waals surface area contributed by atoms with Gasteiger partial charge in [0.15, 0.2) is 5.96 Å². The maximum Gasteiger partial charge on any atom is 0.193 e. The van der Waals surface area contributed by atoms with E-state index in [-0.39, 0.29) is 36.2 Å². The Hall–Kier alpha value is -1.87. The van der Waals surface area contributed by atoms with Crippen molar-refractivity contribution in [1.82, 2.24) is 4.98 Å². The molecule has 6 nitrogen and oxygen atoms in total. The molecular formula is C22H30IN5O. The van der Waals surface area contributed by atoms with E-state index < -0.39 is 0 Å². The molecule has 0 saturated carbocycles. The second-order valence-corrected chi connectivity index (χ2v) is 7.85. The minimum Gasteiger partial charge on any atom is -0.372 e. The maximum absolute atomic E-state index is 6.07. The summed E-state index contributed by atoms with van der Waals surface area (Å²) < 4.78 is 5.79. The largest absolute Gasteiger partial charge is 0.372 e. The number of ether oxygens (including phenoxy) is 1. The Kier molecular flexibility index (Phi) is 7.34. The third-order valence-electron chi connectivity index (χ3n) is 5.36. The highest BCUT2D eigenvalue weighted by Crippen LogP contribution is 2.24. The Morgan fingerprint density at radius 3 is 2.66 bits per heavy atom. The molecule has 1 aliphatic carbocycles. The first kappa shape index (κ1) is 21.8. The smallest absolute Gasteiger partial charge is 0.193 e. The molecule has 0 bridgehead atoms. The Bertz CT molecular complexity index is 845. The monoisotopic (exact) mass is 507 g/mol. The van der Waals surface area contributed by atoms with Gasteiger partial charge in [0.25, 0.3) is 0 Å². The summed E-state index contributed by atoms with van der Waals surface area (Å²) in [6, 6.07) is 10.6. The first-order chi connectivity index (χ1) is 13.6. The van der Waals surface area contributed by atoms with E-state index in [1.54, 1.807) is 0 Å². The van der Waals surface area contributed by atoms with Gasteiger partial charge in [-0.3, -0.25) is 0 Å². The predicted octanol–water partition coefficient (Wildman–Crippen LogP) is 3.73. The lowest BCUT2D eigenvalue weighted by Crippen LogP contribution is -2.45. The van der Waals surface area contributed by atoms with Crippen molar-refractivity contribution in [2.75, 3.05) is 23.3 Å². The Morgan fingerprint density at radius 2 is 1.93 bits per heavy atom. The van der Waals surface area contributed by atoms with Crippen molar-refractivity contribution in [3.05, 3.63) is 53.2 Å². The molecule has 0 radical (unpaired) electrons. The Morgan fingerprint density at radius 1 is 1.17 bits per heavy atom. The van der Waals surface area contributed by atoms with Crippen LogP contribution in [0.2, 0.25) is 0 Å². The number of benzene rings is 1. The maximum atomic E-state index is 6.07. The molecule has 3 N–H and O–H groups in total. The lowest BCUT2D eigenvalue weighted by atomic mass is 10.1. The zero-order valence-electron chi connectivity index (χ0n) is 17.1. The van der Waals surface area contributed by atoms with Gasteiger partial charge in [-0.05, 0) is 68.0 Å². The van der Waals surface area contributed by atoms with Crippen molar-refractivity contribution < 1.29 is 4.74 Å². The fourth-order valence-corrected chi connectivity index (χ4v) is 4.08. The van der Waals surface area contributed by atoms with Crippen LogP contribution in [0.15, 0.2) is 41.5 Å². The molecular weight excluding hydrogens is 477 g/mol. The average molecular weight is 507 g/mol. The summed E-state index contributed by atoms with van der Waals surface area (Å²) in [5.41, 5.74) is 11.0. The summed E-state index contributed by atoms with van der Waals surface area (Å²) in [7, 11) is 0. The topological polar surface area (TPSA) is 75.8 Å². The van der Waals surface area contributed by atoms with Crippen LogP contribution in [0.25, 0.3) is 0 Å². The molecule has 1 aromatic heterocycles. The third kappa shape index (κ3) is 5.60. The van der Waals surface area contributed by atoms with Gasteiger partial charge in [-0.15, -0.1) is 24.0 Å². The van der Waals surface area contributed by atoms with Crippen molar-refractivity contribution >= 4 is 41.4 Å². The van der Waals surface area contributed by atoms with Gasteiger partial charge in [-0.2, -0.15) is 0 Å². The van der Waals surface area contributed by atoms with Crippen LogP contribution in [0.1, 0.15) is 37.0 Å². The average Bonchev–Trinajstić information content (AvgIpc) is 3.14. The first-order valence-corrected chi connectivity index (χ1v) is 10.1. The summed E-state index contributed by atoms with van der Waals surface area (Å²) in [4.78, 5) is 11.3. The zero-order chi connectivity index (χ0) is 19.5. The molecule has 2 unspecified atom stereocenters. The number of anilines is 2. The molecule has 1 saturated heterocycles. The minimum atomic E-state index is 0. The number of nitrogens with one attached hydrogen (secondary N) is 1. The number of fused-ring (bicyclic) bond motifs is 1. The minimum absolute atomic E-state index is 0. The molecule has 2 aliphatic rings. The third-order valence-corrected chi connectivity index (χ3v) is 5.36. The van der Waals surface area contributed by atoms with E-state index in [2.05, 4.69) is 64.4 Å². The van der Waals surface area contributed by atoms with E-state index in [4.69, 9.17) is 10.5 Å². The molecule has 1 aliphatic heterocycles. The van der Waals surface area contributed by atoms with Gasteiger partial charge < -0.3 is 20.7 Å². The molecule has 156 valence electrons. The van der Waals surface area contributed by atoms with E-state index in [9.17, 15) is 0 Å². The number of aromatic nitrogens is 1. The summed E-state index contributed by atoms with van der Waals surface area (Å²) in [5.74, 6) is 1.41. The van der Waals surface area contributed by atoms with Gasteiger partial charge in [0.2, 0.25) is 0 Å². The highest BCUT2D eigenvalue weighted by molar-refractivity contribution is 14.0. The predicted molar refractivity (Wildman–Crippen MR) is 129 cm³/mol. The van der Waals surface area contributed by atoms with Gasteiger partial charge in [0, 0.05) is 25.0 Å². The van der Waals surface area contributed by atoms with Crippen LogP contribution in [0, 0.1) is 0 Å². The van der Waals surface area contributed by atoms with E-state index in [1.807, 2.05) is 6.20 Å². The van der Waals surface area contributed by atoms with Crippen LogP contribution in [0.4, 0.5) is 11.5 Å². The summed E-state index contributed by atoms with van der Waals surface area (Å²) in [6.45, 7) is 6.44. The number of pyridine rings is 1. The van der Waals surface area contributed by atoms with E-state index in [1.165, 1.54) is 24.0 Å². The van der Waals surface area contributed by atoms with Crippen LogP contribution >= 0.6 is 24.0 Å². The first-order valence-electron chi connectivity index (χ1n) is 10.1. The van der Waals surface area contributed by atoms with Gasteiger partial charge in [-0.1, -0.05) is 12.1 Å². The standard InChI is InChI=1S/C22H29N5O.HI/c1-15-13-27(14-16(2)28-15)21-9-6-17(11-24-21)12-25-22(23)26-20-8-7-18-4-3-5-19(18)10-20;/h6-11,15-16H,3-5,12-14H2,1-2H3,(H3,23,25,26);1H. The second-order valence-electron chi connectivity index (χ2n) is 7.85. The van der Waals surface area contributed by atoms with E-state index in [0.717, 1.165) is 36.6 Å². The zero-order valence-corrected chi connectivity index (χ0v) is 19.4. The molecule has 1 fully saturated rings. The number of rotatable bonds is 4. The molecule has 4 rings (SSSR count). The number of nitrogens with zero attached hydrogens (tertiary/aromatic N) is 3. The second kappa shape index (κ2) is 9.75.